The summed E-state index contributed by atoms with van der Waals surface area (Å²) in [7, 11) is 0. The molecule has 6 unspecified atom stereocenters. The van der Waals surface area contributed by atoms with Gasteiger partial charge in [-0.05, 0) is 44.9 Å². The maximum atomic E-state index is 12.7. The van der Waals surface area contributed by atoms with Gasteiger partial charge in [0.25, 0.3) is 0 Å². The lowest BCUT2D eigenvalue weighted by Gasteiger charge is -2.39. The number of carbonyl (C=O) groups is 2. The van der Waals surface area contributed by atoms with Crippen molar-refractivity contribution in [2.45, 2.75) is 211 Å². The van der Waals surface area contributed by atoms with Crippen molar-refractivity contribution in [3.8, 4) is 0 Å². The predicted molar refractivity (Wildman–Crippen MR) is 215 cm³/mol. The van der Waals surface area contributed by atoms with Crippen molar-refractivity contribution >= 4 is 11.9 Å². The molecule has 1 rings (SSSR count). The van der Waals surface area contributed by atoms with E-state index in [-0.39, 0.29) is 32.0 Å². The average molecular weight is 767 g/mol. The predicted octanol–water partition coefficient (Wildman–Crippen LogP) is 8.72. The van der Waals surface area contributed by atoms with E-state index in [2.05, 4.69) is 50.3 Å². The van der Waals surface area contributed by atoms with E-state index in [1.54, 1.807) is 0 Å². The molecular formula is C44H78O10. The Balaban J connectivity index is 2.35. The number of rotatable bonds is 35. The molecule has 1 saturated heterocycles. The standard InChI is InChI=1S/C44H78O10/c1-3-5-7-9-11-13-15-17-18-19-20-21-23-25-27-29-31-33-40(47)53-37(36-52-44-43(50)42(49)41(48)38(34-45)54-44)35-51-39(46)32-30-28-26-24-22-16-14-12-10-8-6-4-2/h5,7,11,13,17-18,37-38,41-45,48-50H,3-4,6,8-10,12,14-16,19-36H2,1-2H3/b7-5-,13-11-,18-17-. The Morgan fingerprint density at radius 2 is 1.09 bits per heavy atom. The van der Waals surface area contributed by atoms with E-state index in [0.717, 1.165) is 64.2 Å². The van der Waals surface area contributed by atoms with E-state index in [1.165, 1.54) is 77.0 Å². The van der Waals surface area contributed by atoms with Crippen molar-refractivity contribution in [3.63, 3.8) is 0 Å². The van der Waals surface area contributed by atoms with E-state index in [4.69, 9.17) is 18.9 Å². The van der Waals surface area contributed by atoms with E-state index in [0.29, 0.717) is 6.42 Å². The third-order valence-electron chi connectivity index (χ3n) is 9.79. The number of unbranched alkanes of at least 4 members (excludes halogenated alkanes) is 18. The first-order valence-corrected chi connectivity index (χ1v) is 21.6. The molecule has 0 aliphatic carbocycles. The summed E-state index contributed by atoms with van der Waals surface area (Å²) in [6.45, 7) is 3.29. The summed E-state index contributed by atoms with van der Waals surface area (Å²) < 4.78 is 22.1. The maximum absolute atomic E-state index is 12.7. The third-order valence-corrected chi connectivity index (χ3v) is 9.79. The largest absolute Gasteiger partial charge is 0.462 e. The summed E-state index contributed by atoms with van der Waals surface area (Å²) in [5, 5.41) is 40.0. The van der Waals surface area contributed by atoms with Crippen LogP contribution in [0, 0.1) is 0 Å². The SMILES string of the molecule is CC/C=C\C/C=C\C/C=C\CCCCCCCCCC(=O)OC(COC(=O)CCCCCCCCCCCCCC)COC1OC(CO)C(O)C(O)C1O. The van der Waals surface area contributed by atoms with Crippen molar-refractivity contribution in [1.29, 1.82) is 0 Å². The molecule has 0 spiro atoms. The van der Waals surface area contributed by atoms with Gasteiger partial charge in [-0.15, -0.1) is 0 Å². The highest BCUT2D eigenvalue weighted by atomic mass is 16.7. The van der Waals surface area contributed by atoms with E-state index >= 15 is 0 Å². The van der Waals surface area contributed by atoms with E-state index in [9.17, 15) is 30.0 Å². The van der Waals surface area contributed by atoms with Crippen LogP contribution in [-0.2, 0) is 28.5 Å². The molecule has 314 valence electrons. The zero-order chi connectivity index (χ0) is 39.5. The van der Waals surface area contributed by atoms with Gasteiger partial charge in [0.15, 0.2) is 12.4 Å². The maximum Gasteiger partial charge on any atom is 0.306 e. The molecule has 0 radical (unpaired) electrons. The van der Waals surface area contributed by atoms with Crippen LogP contribution in [0.2, 0.25) is 0 Å². The topological polar surface area (TPSA) is 152 Å². The van der Waals surface area contributed by atoms with E-state index < -0.39 is 49.4 Å². The quantitative estimate of drug-likeness (QED) is 0.0280. The molecule has 0 aromatic carbocycles. The van der Waals surface area contributed by atoms with Gasteiger partial charge in [-0.25, -0.2) is 0 Å². The molecule has 54 heavy (non-hydrogen) atoms. The van der Waals surface area contributed by atoms with Gasteiger partial charge in [0.1, 0.15) is 31.0 Å². The highest BCUT2D eigenvalue weighted by molar-refractivity contribution is 5.70. The molecule has 0 aromatic rings. The summed E-state index contributed by atoms with van der Waals surface area (Å²) in [5.74, 6) is -0.816. The zero-order valence-electron chi connectivity index (χ0n) is 34.0. The molecule has 0 amide bonds. The molecule has 1 aliphatic heterocycles. The van der Waals surface area contributed by atoms with Gasteiger partial charge in [-0.3, -0.25) is 9.59 Å². The highest BCUT2D eigenvalue weighted by Crippen LogP contribution is 2.22. The fourth-order valence-electron chi connectivity index (χ4n) is 6.38. The van der Waals surface area contributed by atoms with Crippen LogP contribution in [-0.4, -0.2) is 89.0 Å². The first-order valence-electron chi connectivity index (χ1n) is 21.6. The summed E-state index contributed by atoms with van der Waals surface area (Å²) in [5.41, 5.74) is 0. The number of carbonyl (C=O) groups excluding carboxylic acids is 2. The lowest BCUT2D eigenvalue weighted by molar-refractivity contribution is -0.305. The molecule has 1 fully saturated rings. The van der Waals surface area contributed by atoms with Crippen LogP contribution in [0.3, 0.4) is 0 Å². The lowest BCUT2D eigenvalue weighted by Crippen LogP contribution is -2.59. The number of esters is 2. The zero-order valence-corrected chi connectivity index (χ0v) is 34.0. The first kappa shape index (κ1) is 49.9. The molecule has 6 atom stereocenters. The van der Waals surface area contributed by atoms with Crippen LogP contribution in [0.4, 0.5) is 0 Å². The highest BCUT2D eigenvalue weighted by Gasteiger charge is 2.44. The van der Waals surface area contributed by atoms with Crippen LogP contribution in [0.5, 0.6) is 0 Å². The molecule has 0 bridgehead atoms. The van der Waals surface area contributed by atoms with Crippen molar-refractivity contribution < 1.29 is 49.0 Å². The Labute approximate surface area is 327 Å². The number of aliphatic hydroxyl groups is 4. The van der Waals surface area contributed by atoms with Crippen molar-refractivity contribution in [1.82, 2.24) is 0 Å². The minimum atomic E-state index is -1.59. The van der Waals surface area contributed by atoms with E-state index in [1.807, 2.05) is 0 Å². The van der Waals surface area contributed by atoms with Crippen molar-refractivity contribution in [2.24, 2.45) is 0 Å². The number of allylic oxidation sites excluding steroid dienone is 6. The Bertz CT molecular complexity index is 980. The van der Waals surface area contributed by atoms with Crippen LogP contribution in [0.25, 0.3) is 0 Å². The molecule has 10 heteroatoms. The Morgan fingerprint density at radius 1 is 0.593 bits per heavy atom. The van der Waals surface area contributed by atoms with Crippen molar-refractivity contribution in [2.75, 3.05) is 19.8 Å². The van der Waals surface area contributed by atoms with Crippen LogP contribution < -0.4 is 0 Å². The normalized spacial score (nSPS) is 21.0. The molecule has 1 heterocycles. The Morgan fingerprint density at radius 3 is 1.65 bits per heavy atom. The van der Waals surface area contributed by atoms with Crippen LogP contribution in [0.1, 0.15) is 174 Å². The molecular weight excluding hydrogens is 688 g/mol. The summed E-state index contributed by atoms with van der Waals surface area (Å²) in [6.07, 6.45) is 31.5. The number of hydrogen-bond donors (Lipinski definition) is 4. The Hall–Kier alpha value is -2.08. The smallest absolute Gasteiger partial charge is 0.306 e. The van der Waals surface area contributed by atoms with Gasteiger partial charge in [0.2, 0.25) is 0 Å². The second kappa shape index (κ2) is 35.3. The first-order chi connectivity index (χ1) is 26.3. The van der Waals surface area contributed by atoms with Gasteiger partial charge in [-0.2, -0.15) is 0 Å². The second-order valence-corrected chi connectivity index (χ2v) is 14.8. The minimum Gasteiger partial charge on any atom is -0.462 e. The number of hydrogen-bond acceptors (Lipinski definition) is 10. The lowest BCUT2D eigenvalue weighted by atomic mass is 9.99. The number of aliphatic hydroxyl groups excluding tert-OH is 4. The monoisotopic (exact) mass is 767 g/mol. The van der Waals surface area contributed by atoms with Gasteiger partial charge >= 0.3 is 11.9 Å². The summed E-state index contributed by atoms with van der Waals surface area (Å²) >= 11 is 0. The van der Waals surface area contributed by atoms with Crippen molar-refractivity contribution in [3.05, 3.63) is 36.5 Å². The van der Waals surface area contributed by atoms with Gasteiger partial charge < -0.3 is 39.4 Å². The fraction of sp³-hybridized carbons (Fsp3) is 0.818. The van der Waals surface area contributed by atoms with Crippen LogP contribution >= 0.6 is 0 Å². The summed E-state index contributed by atoms with van der Waals surface area (Å²) in [4.78, 5) is 25.3. The van der Waals surface area contributed by atoms with Gasteiger partial charge in [-0.1, -0.05) is 153 Å². The molecule has 0 aromatic heterocycles. The minimum absolute atomic E-state index is 0.219. The third kappa shape index (κ3) is 26.7. The fourth-order valence-corrected chi connectivity index (χ4v) is 6.38. The van der Waals surface area contributed by atoms with Crippen LogP contribution in [0.15, 0.2) is 36.5 Å². The van der Waals surface area contributed by atoms with Gasteiger partial charge in [0, 0.05) is 12.8 Å². The molecule has 4 N–H and O–H groups in total. The second-order valence-electron chi connectivity index (χ2n) is 14.8. The molecule has 1 aliphatic rings. The molecule has 10 nitrogen and oxygen atoms in total. The van der Waals surface area contributed by atoms with Gasteiger partial charge in [0.05, 0.1) is 13.2 Å². The summed E-state index contributed by atoms with van der Waals surface area (Å²) in [6, 6.07) is 0. The number of ether oxygens (including phenoxy) is 4. The average Bonchev–Trinajstić information content (AvgIpc) is 3.17. The Kier molecular flexibility index (Phi) is 32.7. The molecule has 0 saturated carbocycles.